The number of quaternary nitrogens is 1. The normalized spacial score (nSPS) is 35.6. The molecule has 0 aromatic carbocycles. The first-order valence-corrected chi connectivity index (χ1v) is 7.39. The van der Waals surface area contributed by atoms with E-state index in [0.29, 0.717) is 17.5 Å². The lowest BCUT2D eigenvalue weighted by Crippen LogP contribution is -2.55. The molecule has 0 spiro atoms. The van der Waals surface area contributed by atoms with Crippen molar-refractivity contribution >= 4 is 9.84 Å². The molecular formula is C10H20NO2S+. The lowest BCUT2D eigenvalue weighted by atomic mass is 10.0. The van der Waals surface area contributed by atoms with Gasteiger partial charge in [0.1, 0.15) is 11.8 Å². The SMILES string of the molecule is C[N+]1([C@H]2CCS(=O)(=O)C2)CCCCC1. The van der Waals surface area contributed by atoms with E-state index in [4.69, 9.17) is 0 Å². The Hall–Kier alpha value is -0.0900. The minimum atomic E-state index is -2.70. The molecule has 0 aromatic heterocycles. The van der Waals surface area contributed by atoms with Gasteiger partial charge in [0.2, 0.25) is 0 Å². The molecule has 0 aliphatic carbocycles. The van der Waals surface area contributed by atoms with Gasteiger partial charge in [0.05, 0.1) is 25.9 Å². The molecule has 0 amide bonds. The molecule has 0 unspecified atom stereocenters. The second kappa shape index (κ2) is 3.49. The van der Waals surface area contributed by atoms with Gasteiger partial charge in [-0.25, -0.2) is 8.42 Å². The first kappa shape index (κ1) is 10.4. The van der Waals surface area contributed by atoms with Crippen LogP contribution in [0.2, 0.25) is 0 Å². The monoisotopic (exact) mass is 218 g/mol. The number of nitrogens with zero attached hydrogens (tertiary/aromatic N) is 1. The van der Waals surface area contributed by atoms with Crippen molar-refractivity contribution in [1.29, 1.82) is 0 Å². The van der Waals surface area contributed by atoms with Crippen molar-refractivity contribution in [2.24, 2.45) is 0 Å². The Bertz CT molecular complexity index is 304. The van der Waals surface area contributed by atoms with E-state index in [-0.39, 0.29) is 0 Å². The maximum atomic E-state index is 11.4. The number of rotatable bonds is 1. The van der Waals surface area contributed by atoms with Gasteiger partial charge in [-0.1, -0.05) is 0 Å². The second-order valence-electron chi connectivity index (χ2n) is 5.04. The maximum absolute atomic E-state index is 11.4. The second-order valence-corrected chi connectivity index (χ2v) is 7.27. The van der Waals surface area contributed by atoms with Crippen LogP contribution in [0.1, 0.15) is 25.7 Å². The van der Waals surface area contributed by atoms with Gasteiger partial charge in [0.15, 0.2) is 9.84 Å². The zero-order valence-corrected chi connectivity index (χ0v) is 9.72. The van der Waals surface area contributed by atoms with Crippen molar-refractivity contribution in [2.75, 3.05) is 31.6 Å². The van der Waals surface area contributed by atoms with Gasteiger partial charge in [-0.05, 0) is 19.3 Å². The molecule has 2 aliphatic heterocycles. The highest BCUT2D eigenvalue weighted by molar-refractivity contribution is 7.91. The maximum Gasteiger partial charge on any atom is 0.156 e. The molecule has 2 aliphatic rings. The average Bonchev–Trinajstić information content (AvgIpc) is 2.48. The van der Waals surface area contributed by atoms with E-state index in [1.807, 2.05) is 0 Å². The molecule has 4 heteroatoms. The summed E-state index contributed by atoms with van der Waals surface area (Å²) in [5.74, 6) is 0.856. The van der Waals surface area contributed by atoms with E-state index >= 15 is 0 Å². The molecule has 0 N–H and O–H groups in total. The zero-order valence-electron chi connectivity index (χ0n) is 8.91. The summed E-state index contributed by atoms with van der Waals surface area (Å²) in [6, 6.07) is 0.389. The van der Waals surface area contributed by atoms with Gasteiger partial charge in [0.25, 0.3) is 0 Å². The lowest BCUT2D eigenvalue weighted by molar-refractivity contribution is -0.934. The van der Waals surface area contributed by atoms with Crippen molar-refractivity contribution in [3.63, 3.8) is 0 Å². The third-order valence-electron chi connectivity index (χ3n) is 3.93. The highest BCUT2D eigenvalue weighted by Gasteiger charge is 2.41. The summed E-state index contributed by atoms with van der Waals surface area (Å²) < 4.78 is 23.8. The molecule has 0 aromatic rings. The average molecular weight is 218 g/mol. The molecule has 0 bridgehead atoms. The van der Waals surface area contributed by atoms with E-state index in [2.05, 4.69) is 7.05 Å². The van der Waals surface area contributed by atoms with E-state index < -0.39 is 9.84 Å². The fourth-order valence-corrected chi connectivity index (χ4v) is 4.78. The van der Waals surface area contributed by atoms with Crippen LogP contribution >= 0.6 is 0 Å². The van der Waals surface area contributed by atoms with Crippen LogP contribution in [0.4, 0.5) is 0 Å². The quantitative estimate of drug-likeness (QED) is 0.610. The van der Waals surface area contributed by atoms with Crippen LogP contribution in [0.15, 0.2) is 0 Å². The molecule has 2 fully saturated rings. The molecule has 0 radical (unpaired) electrons. The summed E-state index contributed by atoms with van der Waals surface area (Å²) in [6.07, 6.45) is 4.76. The van der Waals surface area contributed by atoms with Gasteiger partial charge in [-0.15, -0.1) is 0 Å². The Morgan fingerprint density at radius 3 is 2.29 bits per heavy atom. The molecule has 2 rings (SSSR count). The Morgan fingerprint density at radius 2 is 1.79 bits per heavy atom. The van der Waals surface area contributed by atoms with Crippen LogP contribution in [0.3, 0.4) is 0 Å². The smallest absolute Gasteiger partial charge is 0.156 e. The Kier molecular flexibility index (Phi) is 2.60. The van der Waals surface area contributed by atoms with Crippen molar-refractivity contribution in [3.05, 3.63) is 0 Å². The molecule has 2 heterocycles. The fourth-order valence-electron chi connectivity index (χ4n) is 2.87. The van der Waals surface area contributed by atoms with E-state index in [0.717, 1.165) is 10.9 Å². The van der Waals surface area contributed by atoms with Gasteiger partial charge >= 0.3 is 0 Å². The number of hydrogen-bond acceptors (Lipinski definition) is 2. The fraction of sp³-hybridized carbons (Fsp3) is 1.00. The lowest BCUT2D eigenvalue weighted by Gasteiger charge is -2.42. The van der Waals surface area contributed by atoms with Gasteiger partial charge in [0, 0.05) is 6.42 Å². The summed E-state index contributed by atoms with van der Waals surface area (Å²) in [7, 11) is -0.458. The Morgan fingerprint density at radius 1 is 1.14 bits per heavy atom. The molecule has 0 saturated carbocycles. The third-order valence-corrected chi connectivity index (χ3v) is 5.68. The van der Waals surface area contributed by atoms with Crippen molar-refractivity contribution in [1.82, 2.24) is 0 Å². The minimum Gasteiger partial charge on any atom is -0.323 e. The summed E-state index contributed by atoms with van der Waals surface area (Å²) in [5, 5.41) is 0. The van der Waals surface area contributed by atoms with Crippen LogP contribution in [0.25, 0.3) is 0 Å². The Balaban J connectivity index is 2.08. The Labute approximate surface area is 86.6 Å². The molecule has 82 valence electrons. The summed E-state index contributed by atoms with van der Waals surface area (Å²) >= 11 is 0. The number of piperidine rings is 1. The number of hydrogen-bond donors (Lipinski definition) is 0. The van der Waals surface area contributed by atoms with Crippen molar-refractivity contribution in [2.45, 2.75) is 31.7 Å². The number of sulfone groups is 1. The topological polar surface area (TPSA) is 34.1 Å². The van der Waals surface area contributed by atoms with Crippen molar-refractivity contribution < 1.29 is 12.9 Å². The first-order valence-electron chi connectivity index (χ1n) is 5.57. The first-order chi connectivity index (χ1) is 6.52. The third kappa shape index (κ3) is 1.96. The summed E-state index contributed by atoms with van der Waals surface area (Å²) in [6.45, 7) is 2.36. The molecular weight excluding hydrogens is 198 g/mol. The van der Waals surface area contributed by atoms with E-state index in [1.165, 1.54) is 32.4 Å². The molecule has 3 nitrogen and oxygen atoms in total. The zero-order chi connectivity index (χ0) is 10.2. The summed E-state index contributed by atoms with van der Waals surface area (Å²) in [5.41, 5.74) is 0. The largest absolute Gasteiger partial charge is 0.323 e. The molecule has 2 saturated heterocycles. The minimum absolute atomic E-state index is 0.389. The van der Waals surface area contributed by atoms with Crippen LogP contribution < -0.4 is 0 Å². The predicted molar refractivity (Wildman–Crippen MR) is 56.8 cm³/mol. The van der Waals surface area contributed by atoms with Gasteiger partial charge in [-0.2, -0.15) is 0 Å². The van der Waals surface area contributed by atoms with Crippen molar-refractivity contribution in [3.8, 4) is 0 Å². The van der Waals surface area contributed by atoms with E-state index in [9.17, 15) is 8.42 Å². The predicted octanol–water partition coefficient (Wildman–Crippen LogP) is 0.804. The standard InChI is InChI=1S/C10H20NO2S/c1-11(6-3-2-4-7-11)10-5-8-14(12,13)9-10/h10H,2-9H2,1H3/q+1/t10-/m0/s1. The number of likely N-dealkylation sites (tertiary alicyclic amines) is 1. The van der Waals surface area contributed by atoms with Gasteiger partial charge in [-0.3, -0.25) is 0 Å². The summed E-state index contributed by atoms with van der Waals surface area (Å²) in [4.78, 5) is 0. The van der Waals surface area contributed by atoms with Crippen LogP contribution in [0, 0.1) is 0 Å². The van der Waals surface area contributed by atoms with Gasteiger partial charge < -0.3 is 4.48 Å². The van der Waals surface area contributed by atoms with Crippen LogP contribution in [-0.4, -0.2) is 50.6 Å². The highest BCUT2D eigenvalue weighted by atomic mass is 32.2. The molecule has 14 heavy (non-hydrogen) atoms. The van der Waals surface area contributed by atoms with E-state index in [1.54, 1.807) is 0 Å². The molecule has 1 atom stereocenters. The highest BCUT2D eigenvalue weighted by Crippen LogP contribution is 2.27. The van der Waals surface area contributed by atoms with Crippen LogP contribution in [-0.2, 0) is 9.84 Å². The van der Waals surface area contributed by atoms with Crippen LogP contribution in [0.5, 0.6) is 0 Å².